The van der Waals surface area contributed by atoms with Gasteiger partial charge in [-0.1, -0.05) is 19.3 Å². The van der Waals surface area contributed by atoms with Crippen LogP contribution in [0.3, 0.4) is 0 Å². The molecule has 1 N–H and O–H groups in total. The number of halogens is 1. The standard InChI is InChI=1S/C25H33FN2O4S2/c1-2-32-22-13-15-24(16-14-22)34(30,31)28(21-11-9-20(26)10-12-21)19-25(29)27-17-6-18-33-23-7-4-3-5-8-23/h9-16,23H,2-8,17-19H2,1H3,(H,27,29). The molecule has 0 saturated heterocycles. The van der Waals surface area contributed by atoms with Crippen molar-refractivity contribution in [2.45, 2.75) is 55.6 Å². The second-order valence-electron chi connectivity index (χ2n) is 8.23. The van der Waals surface area contributed by atoms with Gasteiger partial charge in [0.1, 0.15) is 18.1 Å². The van der Waals surface area contributed by atoms with Gasteiger partial charge >= 0.3 is 0 Å². The molecule has 3 rings (SSSR count). The van der Waals surface area contributed by atoms with E-state index in [1.165, 1.54) is 68.5 Å². The van der Waals surface area contributed by atoms with E-state index in [0.717, 1.165) is 21.7 Å². The lowest BCUT2D eigenvalue weighted by Gasteiger charge is -2.24. The molecule has 0 bridgehead atoms. The van der Waals surface area contributed by atoms with Crippen LogP contribution in [0.4, 0.5) is 10.1 Å². The number of nitrogens with one attached hydrogen (secondary N) is 1. The second-order valence-corrected chi connectivity index (χ2v) is 11.5. The van der Waals surface area contributed by atoms with E-state index >= 15 is 0 Å². The minimum absolute atomic E-state index is 0.0250. The third kappa shape index (κ3) is 7.63. The zero-order valence-corrected chi connectivity index (χ0v) is 21.2. The SMILES string of the molecule is CCOc1ccc(S(=O)(=O)N(CC(=O)NCCCSC2CCCCC2)c2ccc(F)cc2)cc1. The summed E-state index contributed by atoms with van der Waals surface area (Å²) in [6, 6.07) is 11.1. The number of carbonyl (C=O) groups excluding carboxylic acids is 1. The van der Waals surface area contributed by atoms with E-state index in [2.05, 4.69) is 5.32 Å². The van der Waals surface area contributed by atoms with Crippen LogP contribution in [-0.4, -0.2) is 45.0 Å². The fraction of sp³-hybridized carbons (Fsp3) is 0.480. The minimum atomic E-state index is -4.05. The Bertz CT molecular complexity index is 1010. The van der Waals surface area contributed by atoms with E-state index in [-0.39, 0.29) is 10.6 Å². The number of anilines is 1. The molecular weight excluding hydrogens is 475 g/mol. The summed E-state index contributed by atoms with van der Waals surface area (Å²) < 4.78 is 46.6. The molecule has 6 nitrogen and oxygen atoms in total. The van der Waals surface area contributed by atoms with Gasteiger partial charge in [-0.25, -0.2) is 12.8 Å². The minimum Gasteiger partial charge on any atom is -0.494 e. The first kappa shape index (κ1) is 26.3. The number of rotatable bonds is 12. The van der Waals surface area contributed by atoms with Gasteiger partial charge in [-0.3, -0.25) is 9.10 Å². The van der Waals surface area contributed by atoms with Gasteiger partial charge in [0.2, 0.25) is 5.91 Å². The van der Waals surface area contributed by atoms with Gasteiger partial charge in [-0.05, 0) is 80.5 Å². The zero-order chi connectivity index (χ0) is 24.4. The van der Waals surface area contributed by atoms with Gasteiger partial charge in [0.25, 0.3) is 10.0 Å². The molecule has 1 saturated carbocycles. The third-order valence-corrected chi connectivity index (χ3v) is 8.93. The van der Waals surface area contributed by atoms with E-state index in [0.29, 0.717) is 18.9 Å². The molecule has 0 unspecified atom stereocenters. The maximum absolute atomic E-state index is 13.5. The maximum Gasteiger partial charge on any atom is 0.264 e. The summed E-state index contributed by atoms with van der Waals surface area (Å²) in [7, 11) is -4.05. The highest BCUT2D eigenvalue weighted by Crippen LogP contribution is 2.28. The van der Waals surface area contributed by atoms with Crippen LogP contribution < -0.4 is 14.4 Å². The normalized spacial score (nSPS) is 14.5. The van der Waals surface area contributed by atoms with Crippen LogP contribution >= 0.6 is 11.8 Å². The van der Waals surface area contributed by atoms with E-state index < -0.39 is 28.3 Å². The number of hydrogen-bond donors (Lipinski definition) is 1. The fourth-order valence-electron chi connectivity index (χ4n) is 3.89. The van der Waals surface area contributed by atoms with Crippen LogP contribution in [0.2, 0.25) is 0 Å². The molecule has 1 aliphatic carbocycles. The smallest absolute Gasteiger partial charge is 0.264 e. The highest BCUT2D eigenvalue weighted by molar-refractivity contribution is 7.99. The first-order valence-electron chi connectivity index (χ1n) is 11.8. The van der Waals surface area contributed by atoms with Crippen LogP contribution in [0, 0.1) is 5.82 Å². The lowest BCUT2D eigenvalue weighted by molar-refractivity contribution is -0.119. The van der Waals surface area contributed by atoms with E-state index in [9.17, 15) is 17.6 Å². The number of thioether (sulfide) groups is 1. The van der Waals surface area contributed by atoms with Crippen molar-refractivity contribution in [2.75, 3.05) is 29.8 Å². The number of nitrogens with zero attached hydrogens (tertiary/aromatic N) is 1. The molecule has 0 radical (unpaired) electrons. The number of ether oxygens (including phenoxy) is 1. The molecule has 0 heterocycles. The lowest BCUT2D eigenvalue weighted by Crippen LogP contribution is -2.41. The average molecular weight is 509 g/mol. The van der Waals surface area contributed by atoms with Crippen molar-refractivity contribution in [1.29, 1.82) is 0 Å². The van der Waals surface area contributed by atoms with Crippen molar-refractivity contribution in [2.24, 2.45) is 0 Å². The second kappa shape index (κ2) is 13.0. The zero-order valence-electron chi connectivity index (χ0n) is 19.5. The lowest BCUT2D eigenvalue weighted by atomic mass is 10.0. The molecule has 2 aromatic rings. The predicted octanol–water partition coefficient (Wildman–Crippen LogP) is 4.99. The van der Waals surface area contributed by atoms with Gasteiger partial charge in [0, 0.05) is 11.8 Å². The molecule has 0 aromatic heterocycles. The van der Waals surface area contributed by atoms with Crippen LogP contribution in [0.1, 0.15) is 45.4 Å². The Morgan fingerprint density at radius 3 is 2.41 bits per heavy atom. The molecule has 0 aliphatic heterocycles. The highest BCUT2D eigenvalue weighted by Gasteiger charge is 2.27. The van der Waals surface area contributed by atoms with Crippen molar-refractivity contribution < 1.29 is 22.3 Å². The Morgan fingerprint density at radius 2 is 1.76 bits per heavy atom. The van der Waals surface area contributed by atoms with Crippen LogP contribution in [0.5, 0.6) is 5.75 Å². The average Bonchev–Trinajstić information content (AvgIpc) is 2.84. The summed E-state index contributed by atoms with van der Waals surface area (Å²) in [6.45, 7) is 2.40. The Labute approximate surface area is 206 Å². The molecule has 2 aromatic carbocycles. The van der Waals surface area contributed by atoms with E-state index in [1.54, 1.807) is 12.1 Å². The first-order valence-corrected chi connectivity index (χ1v) is 14.3. The molecule has 0 atom stereocenters. The molecule has 0 spiro atoms. The summed E-state index contributed by atoms with van der Waals surface area (Å²) >= 11 is 1.96. The van der Waals surface area contributed by atoms with Crippen LogP contribution in [0.25, 0.3) is 0 Å². The first-order chi connectivity index (χ1) is 16.4. The summed E-state index contributed by atoms with van der Waals surface area (Å²) in [6.07, 6.45) is 7.30. The van der Waals surface area contributed by atoms with E-state index in [4.69, 9.17) is 4.74 Å². The van der Waals surface area contributed by atoms with Crippen molar-refractivity contribution >= 4 is 33.4 Å². The van der Waals surface area contributed by atoms with Crippen molar-refractivity contribution in [3.63, 3.8) is 0 Å². The van der Waals surface area contributed by atoms with Crippen molar-refractivity contribution in [1.82, 2.24) is 5.32 Å². The Kier molecular flexibility index (Phi) is 10.1. The summed E-state index contributed by atoms with van der Waals surface area (Å²) in [5, 5.41) is 3.55. The third-order valence-electron chi connectivity index (χ3n) is 5.67. The topological polar surface area (TPSA) is 75.7 Å². The predicted molar refractivity (Wildman–Crippen MR) is 136 cm³/mol. The number of hydrogen-bond acceptors (Lipinski definition) is 5. The largest absolute Gasteiger partial charge is 0.494 e. The fourth-order valence-corrected chi connectivity index (χ4v) is 6.62. The monoisotopic (exact) mass is 508 g/mol. The Morgan fingerprint density at radius 1 is 1.09 bits per heavy atom. The number of carbonyl (C=O) groups is 1. The molecule has 1 amide bonds. The number of benzene rings is 2. The molecular formula is C25H33FN2O4S2. The molecule has 34 heavy (non-hydrogen) atoms. The highest BCUT2D eigenvalue weighted by atomic mass is 32.2. The molecule has 9 heteroatoms. The number of amides is 1. The van der Waals surface area contributed by atoms with E-state index in [1.807, 2.05) is 18.7 Å². The summed E-state index contributed by atoms with van der Waals surface area (Å²) in [5.41, 5.74) is 0.221. The Balaban J connectivity index is 1.63. The Hall–Kier alpha value is -2.26. The maximum atomic E-state index is 13.5. The van der Waals surface area contributed by atoms with Crippen LogP contribution in [0.15, 0.2) is 53.4 Å². The van der Waals surface area contributed by atoms with Gasteiger partial charge in [-0.15, -0.1) is 0 Å². The molecule has 1 aliphatic rings. The summed E-state index contributed by atoms with van der Waals surface area (Å²) in [4.78, 5) is 12.7. The van der Waals surface area contributed by atoms with Crippen molar-refractivity contribution in [3.05, 3.63) is 54.3 Å². The molecule has 1 fully saturated rings. The van der Waals surface area contributed by atoms with Gasteiger partial charge in [0.05, 0.1) is 17.2 Å². The van der Waals surface area contributed by atoms with Crippen molar-refractivity contribution in [3.8, 4) is 5.75 Å². The number of sulfonamides is 1. The van der Waals surface area contributed by atoms with Crippen LogP contribution in [-0.2, 0) is 14.8 Å². The quantitative estimate of drug-likeness (QED) is 0.409. The van der Waals surface area contributed by atoms with Gasteiger partial charge < -0.3 is 10.1 Å². The van der Waals surface area contributed by atoms with Gasteiger partial charge in [0.15, 0.2) is 0 Å². The molecule has 186 valence electrons. The van der Waals surface area contributed by atoms with Gasteiger partial charge in [-0.2, -0.15) is 11.8 Å². The summed E-state index contributed by atoms with van der Waals surface area (Å²) in [5.74, 6) is 0.638.